The molecule has 1 saturated heterocycles. The Hall–Kier alpha value is -1.86. The lowest BCUT2D eigenvalue weighted by Crippen LogP contribution is -2.30. The number of esters is 1. The lowest BCUT2D eigenvalue weighted by molar-refractivity contribution is -0.151. The third-order valence-corrected chi connectivity index (χ3v) is 5.17. The van der Waals surface area contributed by atoms with E-state index in [1.165, 1.54) is 31.0 Å². The summed E-state index contributed by atoms with van der Waals surface area (Å²) in [6.07, 6.45) is 3.78. The number of aromatic nitrogens is 3. The molecule has 0 bridgehead atoms. The maximum absolute atomic E-state index is 12.1. The lowest BCUT2D eigenvalue weighted by Gasteiger charge is -2.26. The first-order valence-corrected chi connectivity index (χ1v) is 10.5. The highest BCUT2D eigenvalue weighted by Gasteiger charge is 2.21. The topological polar surface area (TPSA) is 60.2 Å². The second-order valence-electron chi connectivity index (χ2n) is 7.78. The van der Waals surface area contributed by atoms with Crippen LogP contribution in [-0.2, 0) is 16.1 Å². The number of piperidine rings is 1. The fourth-order valence-electron chi connectivity index (χ4n) is 3.14. The largest absolute Gasteiger partial charge is 0.459 e. The smallest absolute Gasteiger partial charge is 0.316 e. The zero-order chi connectivity index (χ0) is 19.3. The fraction of sp³-hybridized carbons (Fsp3) is 0.550. The maximum atomic E-state index is 12.1. The minimum Gasteiger partial charge on any atom is -0.459 e. The van der Waals surface area contributed by atoms with Crippen LogP contribution in [0.1, 0.15) is 45.9 Å². The molecule has 146 valence electrons. The summed E-state index contributed by atoms with van der Waals surface area (Å²) in [5.41, 5.74) is 0.533. The van der Waals surface area contributed by atoms with Crippen molar-refractivity contribution < 1.29 is 9.53 Å². The molecule has 27 heavy (non-hydrogen) atoms. The van der Waals surface area contributed by atoms with Crippen LogP contribution >= 0.6 is 11.8 Å². The predicted octanol–water partition coefficient (Wildman–Crippen LogP) is 3.69. The Labute approximate surface area is 165 Å². The number of benzene rings is 1. The summed E-state index contributed by atoms with van der Waals surface area (Å²) in [6, 6.07) is 10.1. The second-order valence-corrected chi connectivity index (χ2v) is 8.72. The van der Waals surface area contributed by atoms with Crippen molar-refractivity contribution in [2.75, 3.05) is 18.8 Å². The molecule has 1 aromatic heterocycles. The van der Waals surface area contributed by atoms with Crippen molar-refractivity contribution in [3.8, 4) is 5.69 Å². The maximum Gasteiger partial charge on any atom is 0.316 e. The number of thioether (sulfide) groups is 1. The molecule has 1 aromatic carbocycles. The van der Waals surface area contributed by atoms with E-state index >= 15 is 0 Å². The number of ether oxygens (including phenoxy) is 1. The summed E-state index contributed by atoms with van der Waals surface area (Å²) < 4.78 is 7.47. The quantitative estimate of drug-likeness (QED) is 0.556. The first kappa shape index (κ1) is 19.9. The average Bonchev–Trinajstić information content (AvgIpc) is 3.02. The summed E-state index contributed by atoms with van der Waals surface area (Å²) in [6.45, 7) is 8.59. The number of hydrogen-bond donors (Lipinski definition) is 0. The molecule has 0 N–H and O–H groups in total. The molecule has 0 spiro atoms. The number of hydrogen-bond acceptors (Lipinski definition) is 6. The molecule has 2 aromatic rings. The van der Waals surface area contributed by atoms with Gasteiger partial charge in [-0.05, 0) is 58.8 Å². The zero-order valence-corrected chi connectivity index (χ0v) is 17.2. The standard InChI is InChI=1S/C20H28N4O2S/c1-20(2,3)26-18(25)15-27-19-22-21-17(14-23-12-8-5-9-13-23)24(19)16-10-6-4-7-11-16/h4,6-7,10-11H,5,8-9,12-15H2,1-3H3. The molecule has 2 heterocycles. The monoisotopic (exact) mass is 388 g/mol. The highest BCUT2D eigenvalue weighted by Crippen LogP contribution is 2.24. The van der Waals surface area contributed by atoms with Gasteiger partial charge in [-0.1, -0.05) is 36.4 Å². The molecule has 1 fully saturated rings. The molecule has 0 atom stereocenters. The number of likely N-dealkylation sites (tertiary alicyclic amines) is 1. The van der Waals surface area contributed by atoms with Gasteiger partial charge in [0.15, 0.2) is 11.0 Å². The molecule has 3 rings (SSSR count). The van der Waals surface area contributed by atoms with Crippen LogP contribution in [-0.4, -0.2) is 50.1 Å². The Bertz CT molecular complexity index is 749. The Morgan fingerprint density at radius 3 is 2.48 bits per heavy atom. The Kier molecular flexibility index (Phi) is 6.55. The zero-order valence-electron chi connectivity index (χ0n) is 16.4. The van der Waals surface area contributed by atoms with Crippen molar-refractivity contribution in [2.24, 2.45) is 0 Å². The normalized spacial score (nSPS) is 15.7. The summed E-state index contributed by atoms with van der Waals surface area (Å²) in [7, 11) is 0. The second kappa shape index (κ2) is 8.89. The van der Waals surface area contributed by atoms with E-state index in [2.05, 4.69) is 19.7 Å². The van der Waals surface area contributed by atoms with Crippen LogP contribution in [0.4, 0.5) is 0 Å². The number of rotatable bonds is 6. The summed E-state index contributed by atoms with van der Waals surface area (Å²) in [5, 5.41) is 9.53. The van der Waals surface area contributed by atoms with Crippen molar-refractivity contribution in [3.05, 3.63) is 36.2 Å². The Morgan fingerprint density at radius 2 is 1.81 bits per heavy atom. The molecule has 0 radical (unpaired) electrons. The van der Waals surface area contributed by atoms with Gasteiger partial charge >= 0.3 is 5.97 Å². The lowest BCUT2D eigenvalue weighted by atomic mass is 10.1. The van der Waals surface area contributed by atoms with E-state index in [1.807, 2.05) is 51.1 Å². The van der Waals surface area contributed by atoms with Crippen LogP contribution in [0.2, 0.25) is 0 Å². The molecule has 0 aliphatic carbocycles. The molecular weight excluding hydrogens is 360 g/mol. The highest BCUT2D eigenvalue weighted by atomic mass is 32.2. The van der Waals surface area contributed by atoms with Crippen LogP contribution in [0.5, 0.6) is 0 Å². The van der Waals surface area contributed by atoms with E-state index in [-0.39, 0.29) is 11.7 Å². The molecule has 0 unspecified atom stereocenters. The third kappa shape index (κ3) is 5.81. The number of carbonyl (C=O) groups excluding carboxylic acids is 1. The third-order valence-electron chi connectivity index (χ3n) is 4.27. The first-order chi connectivity index (χ1) is 12.9. The van der Waals surface area contributed by atoms with Crippen LogP contribution in [0, 0.1) is 0 Å². The van der Waals surface area contributed by atoms with Gasteiger partial charge in [0.25, 0.3) is 0 Å². The van der Waals surface area contributed by atoms with E-state index in [0.717, 1.165) is 36.3 Å². The van der Waals surface area contributed by atoms with Gasteiger partial charge in [0.2, 0.25) is 0 Å². The van der Waals surface area contributed by atoms with Gasteiger partial charge in [0.1, 0.15) is 5.60 Å². The van der Waals surface area contributed by atoms with Gasteiger partial charge in [-0.2, -0.15) is 0 Å². The predicted molar refractivity (Wildman–Crippen MR) is 107 cm³/mol. The molecule has 6 nitrogen and oxygen atoms in total. The van der Waals surface area contributed by atoms with E-state index in [9.17, 15) is 4.79 Å². The van der Waals surface area contributed by atoms with Crippen molar-refractivity contribution in [3.63, 3.8) is 0 Å². The van der Waals surface area contributed by atoms with Gasteiger partial charge in [-0.25, -0.2) is 0 Å². The van der Waals surface area contributed by atoms with Crippen LogP contribution in [0.3, 0.4) is 0 Å². The minimum atomic E-state index is -0.482. The average molecular weight is 389 g/mol. The van der Waals surface area contributed by atoms with Crippen LogP contribution in [0.25, 0.3) is 5.69 Å². The number of carbonyl (C=O) groups is 1. The van der Waals surface area contributed by atoms with E-state index in [1.54, 1.807) is 0 Å². The summed E-state index contributed by atoms with van der Waals surface area (Å²) >= 11 is 1.37. The first-order valence-electron chi connectivity index (χ1n) is 9.49. The van der Waals surface area contributed by atoms with Crippen molar-refractivity contribution in [2.45, 2.75) is 57.3 Å². The highest BCUT2D eigenvalue weighted by molar-refractivity contribution is 7.99. The number of nitrogens with zero attached hydrogens (tertiary/aromatic N) is 4. The van der Waals surface area contributed by atoms with Crippen molar-refractivity contribution in [1.82, 2.24) is 19.7 Å². The Morgan fingerprint density at radius 1 is 1.11 bits per heavy atom. The molecular formula is C20H28N4O2S. The van der Waals surface area contributed by atoms with Crippen molar-refractivity contribution >= 4 is 17.7 Å². The van der Waals surface area contributed by atoms with Gasteiger partial charge in [0, 0.05) is 5.69 Å². The molecule has 7 heteroatoms. The molecule has 1 aliphatic rings. The number of para-hydroxylation sites is 1. The Balaban J connectivity index is 1.78. The fourth-order valence-corrected chi connectivity index (χ4v) is 3.89. The van der Waals surface area contributed by atoms with E-state index in [0.29, 0.717) is 0 Å². The molecule has 0 saturated carbocycles. The van der Waals surface area contributed by atoms with Crippen LogP contribution in [0.15, 0.2) is 35.5 Å². The summed E-state index contributed by atoms with van der Waals surface area (Å²) in [4.78, 5) is 14.5. The summed E-state index contributed by atoms with van der Waals surface area (Å²) in [5.74, 6) is 0.883. The molecule has 0 amide bonds. The van der Waals surface area contributed by atoms with E-state index in [4.69, 9.17) is 4.74 Å². The van der Waals surface area contributed by atoms with E-state index < -0.39 is 5.60 Å². The van der Waals surface area contributed by atoms with Crippen LogP contribution < -0.4 is 0 Å². The van der Waals surface area contributed by atoms with Gasteiger partial charge in [-0.15, -0.1) is 10.2 Å². The minimum absolute atomic E-state index is 0.214. The van der Waals surface area contributed by atoms with Crippen molar-refractivity contribution in [1.29, 1.82) is 0 Å². The molecule has 1 aliphatic heterocycles. The van der Waals surface area contributed by atoms with Gasteiger partial charge < -0.3 is 4.74 Å². The van der Waals surface area contributed by atoms with Gasteiger partial charge in [0.05, 0.1) is 12.3 Å². The SMILES string of the molecule is CC(C)(C)OC(=O)CSc1nnc(CN2CCCCC2)n1-c1ccccc1. The van der Waals surface area contributed by atoms with Gasteiger partial charge in [-0.3, -0.25) is 14.3 Å².